The number of thiophene rings is 1. The van der Waals surface area contributed by atoms with E-state index in [4.69, 9.17) is 5.11 Å². The summed E-state index contributed by atoms with van der Waals surface area (Å²) in [6.07, 6.45) is 0.947. The van der Waals surface area contributed by atoms with Gasteiger partial charge in [0.2, 0.25) is 0 Å². The molecule has 0 atom stereocenters. The number of fused-ring (bicyclic) bond motifs is 1. The van der Waals surface area contributed by atoms with Gasteiger partial charge in [0.05, 0.1) is 21.5 Å². The molecule has 0 spiro atoms. The summed E-state index contributed by atoms with van der Waals surface area (Å²) in [5.41, 5.74) is 0.579. The third kappa shape index (κ3) is 2.08. The van der Waals surface area contributed by atoms with E-state index in [2.05, 4.69) is 16.9 Å². The van der Waals surface area contributed by atoms with Crippen molar-refractivity contribution in [2.75, 3.05) is 0 Å². The Balaban J connectivity index is 2.12. The van der Waals surface area contributed by atoms with Gasteiger partial charge in [-0.2, -0.15) is 0 Å². The summed E-state index contributed by atoms with van der Waals surface area (Å²) in [6, 6.07) is 6.40. The van der Waals surface area contributed by atoms with Gasteiger partial charge in [-0.1, -0.05) is 6.92 Å². The molecule has 4 nitrogen and oxygen atoms in total. The van der Waals surface area contributed by atoms with E-state index in [0.717, 1.165) is 11.3 Å². The number of benzene rings is 1. The van der Waals surface area contributed by atoms with Crippen LogP contribution in [0.25, 0.3) is 21.7 Å². The number of aromatic amines is 1. The molecule has 20 heavy (non-hydrogen) atoms. The van der Waals surface area contributed by atoms with Crippen LogP contribution in [0.2, 0.25) is 0 Å². The summed E-state index contributed by atoms with van der Waals surface area (Å²) in [6.45, 7) is 2.07. The van der Waals surface area contributed by atoms with E-state index in [1.165, 1.54) is 17.0 Å². The number of aromatic carboxylic acids is 1. The summed E-state index contributed by atoms with van der Waals surface area (Å²) in [5, 5.41) is 8.91. The van der Waals surface area contributed by atoms with Gasteiger partial charge in [-0.05, 0) is 24.6 Å². The van der Waals surface area contributed by atoms with E-state index < -0.39 is 11.8 Å². The molecule has 3 aromatic rings. The van der Waals surface area contributed by atoms with Crippen LogP contribution in [0.1, 0.15) is 22.2 Å². The van der Waals surface area contributed by atoms with Crippen LogP contribution in [0.3, 0.4) is 0 Å². The van der Waals surface area contributed by atoms with Crippen LogP contribution in [-0.4, -0.2) is 21.0 Å². The Bertz CT molecular complexity index is 807. The van der Waals surface area contributed by atoms with Gasteiger partial charge in [0.25, 0.3) is 0 Å². The molecule has 2 aromatic heterocycles. The number of hydrogen-bond acceptors (Lipinski definition) is 3. The summed E-state index contributed by atoms with van der Waals surface area (Å²) in [7, 11) is 0. The second-order valence-electron chi connectivity index (χ2n) is 4.36. The molecule has 0 unspecified atom stereocenters. The highest BCUT2D eigenvalue weighted by molar-refractivity contribution is 7.15. The molecule has 3 rings (SSSR count). The molecule has 6 heteroatoms. The van der Waals surface area contributed by atoms with E-state index in [1.807, 2.05) is 12.1 Å². The lowest BCUT2D eigenvalue weighted by Crippen LogP contribution is -1.99. The monoisotopic (exact) mass is 290 g/mol. The molecule has 102 valence electrons. The van der Waals surface area contributed by atoms with Crippen LogP contribution >= 0.6 is 11.3 Å². The van der Waals surface area contributed by atoms with E-state index in [1.54, 1.807) is 11.3 Å². The first-order chi connectivity index (χ1) is 9.58. The Kier molecular flexibility index (Phi) is 3.02. The minimum atomic E-state index is -1.29. The second kappa shape index (κ2) is 4.72. The Morgan fingerprint density at radius 2 is 2.25 bits per heavy atom. The van der Waals surface area contributed by atoms with Crippen molar-refractivity contribution >= 4 is 28.3 Å². The van der Waals surface area contributed by atoms with E-state index in [9.17, 15) is 9.18 Å². The number of carboxylic acid groups (broad SMARTS) is 1. The van der Waals surface area contributed by atoms with E-state index in [-0.39, 0.29) is 5.56 Å². The zero-order chi connectivity index (χ0) is 14.3. The van der Waals surface area contributed by atoms with Gasteiger partial charge in [-0.3, -0.25) is 0 Å². The molecule has 0 saturated carbocycles. The maximum absolute atomic E-state index is 13.6. The van der Waals surface area contributed by atoms with Crippen LogP contribution in [0, 0.1) is 5.82 Å². The predicted molar refractivity (Wildman–Crippen MR) is 75.7 cm³/mol. The summed E-state index contributed by atoms with van der Waals surface area (Å²) >= 11 is 1.61. The first kappa shape index (κ1) is 12.8. The van der Waals surface area contributed by atoms with Gasteiger partial charge in [0.1, 0.15) is 11.6 Å². The zero-order valence-corrected chi connectivity index (χ0v) is 11.4. The number of aromatic nitrogens is 2. The molecule has 2 N–H and O–H groups in total. The van der Waals surface area contributed by atoms with Crippen LogP contribution in [0.5, 0.6) is 0 Å². The Labute approximate surface area is 117 Å². The van der Waals surface area contributed by atoms with Gasteiger partial charge in [0, 0.05) is 10.9 Å². The Hall–Kier alpha value is -2.21. The number of nitrogens with zero attached hydrogens (tertiary/aromatic N) is 1. The molecule has 0 bridgehead atoms. The predicted octanol–water partition coefficient (Wildman–Crippen LogP) is 3.69. The number of carboxylic acids is 1. The fraction of sp³-hybridized carbons (Fsp3) is 0.143. The largest absolute Gasteiger partial charge is 0.478 e. The van der Waals surface area contributed by atoms with Crippen molar-refractivity contribution in [3.8, 4) is 10.7 Å². The lowest BCUT2D eigenvalue weighted by molar-refractivity contribution is 0.0692. The fourth-order valence-corrected chi connectivity index (χ4v) is 2.90. The highest BCUT2D eigenvalue weighted by Gasteiger charge is 2.15. The molecule has 0 aliphatic carbocycles. The minimum absolute atomic E-state index is 0.365. The van der Waals surface area contributed by atoms with Crippen molar-refractivity contribution in [3.05, 3.63) is 40.5 Å². The number of rotatable bonds is 3. The number of nitrogens with one attached hydrogen (secondary N) is 1. The maximum Gasteiger partial charge on any atom is 0.338 e. The number of imidazole rings is 1. The first-order valence-corrected chi connectivity index (χ1v) is 6.91. The first-order valence-electron chi connectivity index (χ1n) is 6.10. The molecule has 2 heterocycles. The van der Waals surface area contributed by atoms with E-state index >= 15 is 0 Å². The summed E-state index contributed by atoms with van der Waals surface area (Å²) < 4.78 is 13.6. The molecule has 0 aliphatic rings. The third-order valence-corrected chi connectivity index (χ3v) is 4.28. The van der Waals surface area contributed by atoms with Gasteiger partial charge in [-0.15, -0.1) is 11.3 Å². The number of hydrogen-bond donors (Lipinski definition) is 2. The molecule has 0 fully saturated rings. The number of aryl methyl sites for hydroxylation is 1. The molecule has 0 amide bonds. The minimum Gasteiger partial charge on any atom is -0.478 e. The average molecular weight is 290 g/mol. The van der Waals surface area contributed by atoms with Gasteiger partial charge < -0.3 is 10.1 Å². The molecular weight excluding hydrogens is 279 g/mol. The number of H-pyrrole nitrogens is 1. The zero-order valence-electron chi connectivity index (χ0n) is 10.6. The normalized spacial score (nSPS) is 11.1. The van der Waals surface area contributed by atoms with E-state index in [0.29, 0.717) is 16.9 Å². The highest BCUT2D eigenvalue weighted by atomic mass is 32.1. The molecule has 1 aromatic carbocycles. The fourth-order valence-electron chi connectivity index (χ4n) is 2.01. The Morgan fingerprint density at radius 1 is 1.45 bits per heavy atom. The SMILES string of the molecule is CCc1ccc(-c2nc3cc(C(=O)O)c(F)cc3[nH]2)s1. The van der Waals surface area contributed by atoms with Crippen LogP contribution in [0.15, 0.2) is 24.3 Å². The summed E-state index contributed by atoms with van der Waals surface area (Å²) in [4.78, 5) is 20.5. The van der Waals surface area contributed by atoms with Crippen molar-refractivity contribution in [2.24, 2.45) is 0 Å². The second-order valence-corrected chi connectivity index (χ2v) is 5.53. The van der Waals surface area contributed by atoms with Crippen molar-refractivity contribution < 1.29 is 14.3 Å². The Morgan fingerprint density at radius 3 is 2.90 bits per heavy atom. The van der Waals surface area contributed by atoms with Crippen molar-refractivity contribution in [1.29, 1.82) is 0 Å². The van der Waals surface area contributed by atoms with Crippen LogP contribution in [-0.2, 0) is 6.42 Å². The lowest BCUT2D eigenvalue weighted by Gasteiger charge is -1.95. The lowest BCUT2D eigenvalue weighted by atomic mass is 10.2. The smallest absolute Gasteiger partial charge is 0.338 e. The average Bonchev–Trinajstić information content (AvgIpc) is 3.02. The van der Waals surface area contributed by atoms with Gasteiger partial charge >= 0.3 is 5.97 Å². The highest BCUT2D eigenvalue weighted by Crippen LogP contribution is 2.28. The number of carbonyl (C=O) groups is 1. The molecule has 0 radical (unpaired) electrons. The van der Waals surface area contributed by atoms with Crippen molar-refractivity contribution in [1.82, 2.24) is 9.97 Å². The summed E-state index contributed by atoms with van der Waals surface area (Å²) in [5.74, 6) is -1.43. The molecular formula is C14H11FN2O2S. The van der Waals surface area contributed by atoms with Gasteiger partial charge in [0.15, 0.2) is 0 Å². The van der Waals surface area contributed by atoms with Crippen molar-refractivity contribution in [2.45, 2.75) is 13.3 Å². The van der Waals surface area contributed by atoms with Crippen LogP contribution in [0.4, 0.5) is 4.39 Å². The topological polar surface area (TPSA) is 66.0 Å². The standard InChI is InChI=1S/C14H11FN2O2S/c1-2-7-3-4-12(20-7)13-16-10-5-8(14(18)19)9(15)6-11(10)17-13/h3-6H,2H2,1H3,(H,16,17)(H,18,19). The quantitative estimate of drug-likeness (QED) is 0.773. The molecule has 0 saturated heterocycles. The third-order valence-electron chi connectivity index (χ3n) is 3.04. The number of halogens is 1. The van der Waals surface area contributed by atoms with Gasteiger partial charge in [-0.25, -0.2) is 14.2 Å². The van der Waals surface area contributed by atoms with Crippen molar-refractivity contribution in [3.63, 3.8) is 0 Å². The van der Waals surface area contributed by atoms with Crippen LogP contribution < -0.4 is 0 Å². The molecule has 0 aliphatic heterocycles. The maximum atomic E-state index is 13.6.